The molecule has 1 heterocycles. The zero-order valence-electron chi connectivity index (χ0n) is 9.71. The van der Waals surface area contributed by atoms with Crippen molar-refractivity contribution in [1.82, 2.24) is 9.78 Å². The number of anilines is 1. The van der Waals surface area contributed by atoms with Crippen LogP contribution in [0.1, 0.15) is 15.9 Å². The van der Waals surface area contributed by atoms with Crippen LogP contribution in [0.25, 0.3) is 6.20 Å². The zero-order chi connectivity index (χ0) is 13.0. The number of nitrogens with zero attached hydrogens (tertiary/aromatic N) is 2. The highest BCUT2D eigenvalue weighted by molar-refractivity contribution is 5.94. The first-order valence-electron chi connectivity index (χ1n) is 5.42. The van der Waals surface area contributed by atoms with Crippen LogP contribution < -0.4 is 5.32 Å². The molecule has 0 unspecified atom stereocenters. The van der Waals surface area contributed by atoms with E-state index in [-0.39, 0.29) is 5.56 Å². The van der Waals surface area contributed by atoms with Gasteiger partial charge in [0.15, 0.2) is 0 Å². The summed E-state index contributed by atoms with van der Waals surface area (Å²) in [7, 11) is 0. The van der Waals surface area contributed by atoms with E-state index in [2.05, 4.69) is 17.0 Å². The molecule has 2 aromatic rings. The Labute approximate surface area is 104 Å². The number of carbonyl (C=O) groups is 1. The molecule has 5 heteroatoms. The first-order valence-corrected chi connectivity index (χ1v) is 5.42. The largest absolute Gasteiger partial charge is 0.478 e. The first-order chi connectivity index (χ1) is 8.70. The number of nitrogens with one attached hydrogen (secondary N) is 1. The van der Waals surface area contributed by atoms with Crippen LogP contribution >= 0.6 is 0 Å². The number of hydrogen-bond acceptors (Lipinski definition) is 3. The highest BCUT2D eigenvalue weighted by Gasteiger charge is 2.08. The van der Waals surface area contributed by atoms with Crippen LogP contribution in [0.5, 0.6) is 0 Å². The van der Waals surface area contributed by atoms with E-state index >= 15 is 0 Å². The van der Waals surface area contributed by atoms with E-state index in [4.69, 9.17) is 5.11 Å². The summed E-state index contributed by atoms with van der Waals surface area (Å²) < 4.78 is 1.60. The van der Waals surface area contributed by atoms with Crippen LogP contribution in [0, 0.1) is 0 Å². The minimum absolute atomic E-state index is 0.258. The molecule has 2 N–H and O–H groups in total. The van der Waals surface area contributed by atoms with Gasteiger partial charge in [0, 0.05) is 30.2 Å². The van der Waals surface area contributed by atoms with Crippen molar-refractivity contribution in [1.29, 1.82) is 0 Å². The smallest absolute Gasteiger partial charge is 0.337 e. The second-order valence-electron chi connectivity index (χ2n) is 3.72. The van der Waals surface area contributed by atoms with Crippen molar-refractivity contribution in [3.63, 3.8) is 0 Å². The van der Waals surface area contributed by atoms with Gasteiger partial charge in [-0.25, -0.2) is 9.48 Å². The van der Waals surface area contributed by atoms with E-state index < -0.39 is 5.97 Å². The van der Waals surface area contributed by atoms with Crippen LogP contribution in [0.15, 0.2) is 43.2 Å². The molecular weight excluding hydrogens is 230 g/mol. The van der Waals surface area contributed by atoms with Gasteiger partial charge in [-0.1, -0.05) is 18.7 Å². The van der Waals surface area contributed by atoms with Gasteiger partial charge >= 0.3 is 5.97 Å². The topological polar surface area (TPSA) is 67.2 Å². The number of rotatable bonds is 5. The molecule has 1 aromatic carbocycles. The van der Waals surface area contributed by atoms with Crippen LogP contribution in [-0.4, -0.2) is 20.9 Å². The average Bonchev–Trinajstić information content (AvgIpc) is 2.84. The van der Waals surface area contributed by atoms with Gasteiger partial charge in [0.05, 0.1) is 11.8 Å². The van der Waals surface area contributed by atoms with Crippen molar-refractivity contribution in [2.24, 2.45) is 0 Å². The fraction of sp³-hybridized carbons (Fsp3) is 0.0769. The summed E-state index contributed by atoms with van der Waals surface area (Å²) in [5, 5.41) is 16.2. The van der Waals surface area contributed by atoms with Crippen molar-refractivity contribution in [2.75, 3.05) is 5.32 Å². The Bertz CT molecular complexity index is 575. The lowest BCUT2D eigenvalue weighted by Gasteiger charge is -2.07. The summed E-state index contributed by atoms with van der Waals surface area (Å²) in [6.45, 7) is 4.11. The molecule has 0 bridgehead atoms. The van der Waals surface area contributed by atoms with Gasteiger partial charge in [-0.3, -0.25) is 0 Å². The molecule has 0 amide bonds. The molecule has 0 aliphatic carbocycles. The molecule has 0 aliphatic heterocycles. The first kappa shape index (κ1) is 11.9. The second-order valence-corrected chi connectivity index (χ2v) is 3.72. The molecule has 0 saturated heterocycles. The van der Waals surface area contributed by atoms with Gasteiger partial charge in [-0.05, 0) is 12.1 Å². The Morgan fingerprint density at radius 1 is 1.50 bits per heavy atom. The molecule has 1 aromatic heterocycles. The Balaban J connectivity index is 2.10. The van der Waals surface area contributed by atoms with E-state index in [0.717, 1.165) is 5.56 Å². The van der Waals surface area contributed by atoms with Crippen LogP contribution in [0.2, 0.25) is 0 Å². The normalized spacial score (nSPS) is 10.0. The molecule has 5 nitrogen and oxygen atoms in total. The van der Waals surface area contributed by atoms with Crippen LogP contribution in [0.4, 0.5) is 5.69 Å². The SMILES string of the molecule is C=Cn1cc(CNc2ccccc2C(=O)O)cn1. The van der Waals surface area contributed by atoms with Crippen molar-refractivity contribution < 1.29 is 9.90 Å². The summed E-state index contributed by atoms with van der Waals surface area (Å²) in [6.07, 6.45) is 5.12. The van der Waals surface area contributed by atoms with E-state index in [1.54, 1.807) is 41.3 Å². The maximum absolute atomic E-state index is 11.0. The predicted octanol–water partition coefficient (Wildman–Crippen LogP) is 2.29. The monoisotopic (exact) mass is 243 g/mol. The van der Waals surface area contributed by atoms with Crippen molar-refractivity contribution in [3.8, 4) is 0 Å². The molecule has 0 atom stereocenters. The molecule has 0 fully saturated rings. The number of carboxylic acids is 1. The number of hydrogen-bond donors (Lipinski definition) is 2. The van der Waals surface area contributed by atoms with E-state index in [9.17, 15) is 4.79 Å². The molecule has 18 heavy (non-hydrogen) atoms. The third-order valence-corrected chi connectivity index (χ3v) is 2.48. The number of para-hydroxylation sites is 1. The van der Waals surface area contributed by atoms with Gasteiger partial charge < -0.3 is 10.4 Å². The predicted molar refractivity (Wildman–Crippen MR) is 69.3 cm³/mol. The summed E-state index contributed by atoms with van der Waals surface area (Å²) in [5.74, 6) is -0.945. The Morgan fingerprint density at radius 3 is 2.94 bits per heavy atom. The van der Waals surface area contributed by atoms with Gasteiger partial charge in [0.2, 0.25) is 0 Å². The standard InChI is InChI=1S/C13H13N3O2/c1-2-16-9-10(8-15-16)7-14-12-6-4-3-5-11(12)13(17)18/h2-6,8-9,14H,1,7H2,(H,17,18). The van der Waals surface area contributed by atoms with Crippen molar-refractivity contribution >= 4 is 17.9 Å². The minimum atomic E-state index is -0.945. The number of aromatic nitrogens is 2. The average molecular weight is 243 g/mol. The van der Waals surface area contributed by atoms with E-state index in [0.29, 0.717) is 12.2 Å². The molecule has 0 radical (unpaired) electrons. The molecular formula is C13H13N3O2. The minimum Gasteiger partial charge on any atom is -0.478 e. The summed E-state index contributed by atoms with van der Waals surface area (Å²) >= 11 is 0. The van der Waals surface area contributed by atoms with E-state index in [1.807, 2.05) is 6.20 Å². The van der Waals surface area contributed by atoms with Gasteiger partial charge in [0.25, 0.3) is 0 Å². The lowest BCUT2D eigenvalue weighted by Crippen LogP contribution is -2.05. The summed E-state index contributed by atoms with van der Waals surface area (Å²) in [6, 6.07) is 6.80. The maximum atomic E-state index is 11.0. The number of benzene rings is 1. The van der Waals surface area contributed by atoms with Crippen LogP contribution in [0.3, 0.4) is 0 Å². The highest BCUT2D eigenvalue weighted by atomic mass is 16.4. The zero-order valence-corrected chi connectivity index (χ0v) is 9.71. The fourth-order valence-electron chi connectivity index (χ4n) is 1.59. The quantitative estimate of drug-likeness (QED) is 0.845. The van der Waals surface area contributed by atoms with Gasteiger partial charge in [-0.15, -0.1) is 0 Å². The van der Waals surface area contributed by atoms with Gasteiger partial charge in [0.1, 0.15) is 0 Å². The highest BCUT2D eigenvalue weighted by Crippen LogP contribution is 2.15. The third kappa shape index (κ3) is 2.57. The summed E-state index contributed by atoms with van der Waals surface area (Å²) in [5.41, 5.74) is 1.81. The van der Waals surface area contributed by atoms with E-state index in [1.165, 1.54) is 0 Å². The Hall–Kier alpha value is -2.56. The number of aromatic carboxylic acids is 1. The number of carboxylic acid groups (broad SMARTS) is 1. The summed E-state index contributed by atoms with van der Waals surface area (Å²) in [4.78, 5) is 11.0. The van der Waals surface area contributed by atoms with Crippen molar-refractivity contribution in [2.45, 2.75) is 6.54 Å². The lowest BCUT2D eigenvalue weighted by atomic mass is 10.2. The maximum Gasteiger partial charge on any atom is 0.337 e. The van der Waals surface area contributed by atoms with Gasteiger partial charge in [-0.2, -0.15) is 5.10 Å². The van der Waals surface area contributed by atoms with Crippen LogP contribution in [-0.2, 0) is 6.54 Å². The molecule has 92 valence electrons. The molecule has 0 spiro atoms. The lowest BCUT2D eigenvalue weighted by molar-refractivity contribution is 0.0698. The second kappa shape index (κ2) is 5.18. The Morgan fingerprint density at radius 2 is 2.28 bits per heavy atom. The Kier molecular flexibility index (Phi) is 3.43. The molecule has 0 saturated carbocycles. The molecule has 2 rings (SSSR count). The fourth-order valence-corrected chi connectivity index (χ4v) is 1.59. The van der Waals surface area contributed by atoms with Crippen molar-refractivity contribution in [3.05, 3.63) is 54.4 Å². The third-order valence-electron chi connectivity index (χ3n) is 2.48. The molecule has 0 aliphatic rings.